The fourth-order valence-electron chi connectivity index (χ4n) is 3.52. The van der Waals surface area contributed by atoms with Gasteiger partial charge in [-0.2, -0.15) is 0 Å². The van der Waals surface area contributed by atoms with Crippen LogP contribution in [0.3, 0.4) is 0 Å². The van der Waals surface area contributed by atoms with Gasteiger partial charge in [0.15, 0.2) is 0 Å². The maximum Gasteiger partial charge on any atom is 0.123 e. The first-order valence-electron chi connectivity index (χ1n) is 8.21. The number of hydrogen-bond donors (Lipinski definition) is 2. The number of rotatable bonds is 4. The third-order valence-corrected chi connectivity index (χ3v) is 4.87. The van der Waals surface area contributed by atoms with E-state index in [9.17, 15) is 4.39 Å². The molecule has 1 aromatic rings. The Morgan fingerprint density at radius 1 is 1.27 bits per heavy atom. The molecule has 22 heavy (non-hydrogen) atoms. The Kier molecular flexibility index (Phi) is 5.08. The summed E-state index contributed by atoms with van der Waals surface area (Å²) >= 11 is 0. The molecule has 0 saturated carbocycles. The van der Waals surface area contributed by atoms with Gasteiger partial charge in [-0.05, 0) is 38.0 Å². The van der Waals surface area contributed by atoms with E-state index in [1.165, 1.54) is 6.07 Å². The highest BCUT2D eigenvalue weighted by Gasteiger charge is 2.32. The minimum atomic E-state index is -0.170. The lowest BCUT2D eigenvalue weighted by Gasteiger charge is -2.35. The van der Waals surface area contributed by atoms with E-state index in [0.717, 1.165) is 38.2 Å². The normalized spacial score (nSPS) is 33.2. The Balaban J connectivity index is 1.55. The molecule has 0 radical (unpaired) electrons. The van der Waals surface area contributed by atoms with Gasteiger partial charge in [0.1, 0.15) is 5.82 Å². The molecule has 3 rings (SSSR count). The number of hydrogen-bond acceptors (Lipinski definition) is 4. The van der Waals surface area contributed by atoms with Crippen LogP contribution in [-0.4, -0.2) is 49.3 Å². The second kappa shape index (κ2) is 7.04. The Morgan fingerprint density at radius 3 is 2.77 bits per heavy atom. The molecule has 2 saturated heterocycles. The van der Waals surface area contributed by atoms with Gasteiger partial charge in [0.05, 0.1) is 12.7 Å². The van der Waals surface area contributed by atoms with Gasteiger partial charge in [-0.25, -0.2) is 4.39 Å². The number of ether oxygens (including phenoxy) is 1. The lowest BCUT2D eigenvalue weighted by molar-refractivity contribution is -0.0329. The van der Waals surface area contributed by atoms with Crippen molar-refractivity contribution in [3.05, 3.63) is 35.6 Å². The lowest BCUT2D eigenvalue weighted by atomic mass is 9.95. The molecule has 3 unspecified atom stereocenters. The molecular formula is C17H26FN3O. The summed E-state index contributed by atoms with van der Waals surface area (Å²) in [6.07, 6.45) is 0.934. The molecule has 2 heterocycles. The predicted octanol–water partition coefficient (Wildman–Crippen LogP) is 1.57. The number of hydrazine groups is 1. The maximum atomic E-state index is 13.3. The van der Waals surface area contributed by atoms with Crippen LogP contribution >= 0.6 is 0 Å². The van der Waals surface area contributed by atoms with Crippen LogP contribution in [0.2, 0.25) is 0 Å². The fourth-order valence-corrected chi connectivity index (χ4v) is 3.52. The SMILES string of the molecule is CC1NNC(C)C1CN1CCOC(Cc2cccc(F)c2)C1. The molecule has 0 spiro atoms. The van der Waals surface area contributed by atoms with Crippen molar-refractivity contribution < 1.29 is 9.13 Å². The predicted molar refractivity (Wildman–Crippen MR) is 85.0 cm³/mol. The molecule has 1 aromatic carbocycles. The minimum Gasteiger partial charge on any atom is -0.375 e. The second-order valence-corrected chi connectivity index (χ2v) is 6.62. The number of nitrogens with zero attached hydrogens (tertiary/aromatic N) is 1. The average Bonchev–Trinajstić information content (AvgIpc) is 2.80. The van der Waals surface area contributed by atoms with Crippen molar-refractivity contribution in [1.29, 1.82) is 0 Å². The molecule has 0 aromatic heterocycles. The zero-order chi connectivity index (χ0) is 15.5. The van der Waals surface area contributed by atoms with E-state index in [1.54, 1.807) is 12.1 Å². The van der Waals surface area contributed by atoms with Gasteiger partial charge in [-0.1, -0.05) is 12.1 Å². The van der Waals surface area contributed by atoms with Crippen molar-refractivity contribution >= 4 is 0 Å². The molecule has 122 valence electrons. The number of morpholine rings is 1. The van der Waals surface area contributed by atoms with Crippen LogP contribution in [0.5, 0.6) is 0 Å². The van der Waals surface area contributed by atoms with E-state index < -0.39 is 0 Å². The van der Waals surface area contributed by atoms with Gasteiger partial charge in [-0.15, -0.1) is 0 Å². The van der Waals surface area contributed by atoms with E-state index in [0.29, 0.717) is 18.0 Å². The van der Waals surface area contributed by atoms with Crippen molar-refractivity contribution in [3.8, 4) is 0 Å². The van der Waals surface area contributed by atoms with E-state index in [1.807, 2.05) is 6.07 Å². The summed E-state index contributed by atoms with van der Waals surface area (Å²) < 4.78 is 19.2. The van der Waals surface area contributed by atoms with E-state index in [2.05, 4.69) is 29.6 Å². The Labute approximate surface area is 132 Å². The highest BCUT2D eigenvalue weighted by molar-refractivity contribution is 5.17. The summed E-state index contributed by atoms with van der Waals surface area (Å²) in [5.41, 5.74) is 7.65. The van der Waals surface area contributed by atoms with Crippen molar-refractivity contribution in [2.45, 2.75) is 38.5 Å². The molecule has 2 aliphatic heterocycles. The first-order chi connectivity index (χ1) is 10.6. The topological polar surface area (TPSA) is 36.5 Å². The monoisotopic (exact) mass is 307 g/mol. The molecular weight excluding hydrogens is 281 g/mol. The molecule has 5 heteroatoms. The lowest BCUT2D eigenvalue weighted by Crippen LogP contribution is -2.47. The van der Waals surface area contributed by atoms with Gasteiger partial charge in [0.2, 0.25) is 0 Å². The summed E-state index contributed by atoms with van der Waals surface area (Å²) in [6, 6.07) is 7.81. The molecule has 4 nitrogen and oxygen atoms in total. The molecule has 0 aliphatic carbocycles. The smallest absolute Gasteiger partial charge is 0.123 e. The summed E-state index contributed by atoms with van der Waals surface area (Å²) in [5, 5.41) is 0. The van der Waals surface area contributed by atoms with Crippen molar-refractivity contribution in [2.24, 2.45) is 5.92 Å². The third kappa shape index (κ3) is 3.84. The van der Waals surface area contributed by atoms with E-state index >= 15 is 0 Å². The number of nitrogens with one attached hydrogen (secondary N) is 2. The van der Waals surface area contributed by atoms with Crippen LogP contribution in [0, 0.1) is 11.7 Å². The second-order valence-electron chi connectivity index (χ2n) is 6.62. The average molecular weight is 307 g/mol. The highest BCUT2D eigenvalue weighted by atomic mass is 19.1. The Hall–Kier alpha value is -1.01. The van der Waals surface area contributed by atoms with Crippen molar-refractivity contribution in [1.82, 2.24) is 15.8 Å². The van der Waals surface area contributed by atoms with Crippen LogP contribution in [0.25, 0.3) is 0 Å². The molecule has 2 N–H and O–H groups in total. The summed E-state index contributed by atoms with van der Waals surface area (Å²) in [5.74, 6) is 0.434. The van der Waals surface area contributed by atoms with Crippen molar-refractivity contribution in [3.63, 3.8) is 0 Å². The number of benzene rings is 1. The zero-order valence-electron chi connectivity index (χ0n) is 13.4. The fraction of sp³-hybridized carbons (Fsp3) is 0.647. The highest BCUT2D eigenvalue weighted by Crippen LogP contribution is 2.19. The van der Waals surface area contributed by atoms with Gasteiger partial charge >= 0.3 is 0 Å². The third-order valence-electron chi connectivity index (χ3n) is 4.87. The molecule has 2 aliphatic rings. The Bertz CT molecular complexity index is 489. The first-order valence-corrected chi connectivity index (χ1v) is 8.21. The van der Waals surface area contributed by atoms with Crippen LogP contribution < -0.4 is 10.9 Å². The largest absolute Gasteiger partial charge is 0.375 e. The number of halogens is 1. The Morgan fingerprint density at radius 2 is 2.05 bits per heavy atom. The van der Waals surface area contributed by atoms with Crippen LogP contribution in [-0.2, 0) is 11.2 Å². The summed E-state index contributed by atoms with van der Waals surface area (Å²) in [7, 11) is 0. The van der Waals surface area contributed by atoms with Gasteiger partial charge in [0, 0.05) is 37.6 Å². The van der Waals surface area contributed by atoms with Crippen LogP contribution in [0.4, 0.5) is 4.39 Å². The van der Waals surface area contributed by atoms with Crippen LogP contribution in [0.15, 0.2) is 24.3 Å². The van der Waals surface area contributed by atoms with Gasteiger partial charge in [0.25, 0.3) is 0 Å². The van der Waals surface area contributed by atoms with Gasteiger partial charge < -0.3 is 4.74 Å². The molecule has 2 fully saturated rings. The summed E-state index contributed by atoms with van der Waals surface area (Å²) in [4.78, 5) is 2.49. The molecule has 0 bridgehead atoms. The minimum absolute atomic E-state index is 0.156. The maximum absolute atomic E-state index is 13.3. The van der Waals surface area contributed by atoms with Crippen molar-refractivity contribution in [2.75, 3.05) is 26.2 Å². The zero-order valence-corrected chi connectivity index (χ0v) is 13.4. The summed E-state index contributed by atoms with van der Waals surface area (Å²) in [6.45, 7) is 8.20. The van der Waals surface area contributed by atoms with E-state index in [4.69, 9.17) is 4.74 Å². The van der Waals surface area contributed by atoms with Crippen LogP contribution in [0.1, 0.15) is 19.4 Å². The first kappa shape index (κ1) is 15.9. The standard InChI is InChI=1S/C17H26FN3O/c1-12-17(13(2)20-19-12)11-21-6-7-22-16(10-21)9-14-4-3-5-15(18)8-14/h3-5,8,12-13,16-17,19-20H,6-7,9-11H2,1-2H3. The molecule has 3 atom stereocenters. The van der Waals surface area contributed by atoms with E-state index in [-0.39, 0.29) is 11.9 Å². The quantitative estimate of drug-likeness (QED) is 0.885. The van der Waals surface area contributed by atoms with Gasteiger partial charge in [-0.3, -0.25) is 15.8 Å². The molecule has 0 amide bonds.